The third-order valence-electron chi connectivity index (χ3n) is 2.78. The smallest absolute Gasteiger partial charge is 0.329 e. The third kappa shape index (κ3) is 4.89. The van der Waals surface area contributed by atoms with E-state index in [-0.39, 0.29) is 19.6 Å². The molecule has 0 radical (unpaired) electrons. The van der Waals surface area contributed by atoms with Crippen LogP contribution in [-0.2, 0) is 9.53 Å². The van der Waals surface area contributed by atoms with E-state index >= 15 is 0 Å². The number of carbonyl (C=O) groups excluding carboxylic acids is 1. The molecule has 7 nitrogen and oxygen atoms in total. The Morgan fingerprint density at radius 2 is 2.00 bits per heavy atom. The second kappa shape index (κ2) is 7.88. The van der Waals surface area contributed by atoms with Crippen molar-refractivity contribution in [2.24, 2.45) is 0 Å². The molecule has 0 saturated heterocycles. The predicted octanol–water partition coefficient (Wildman–Crippen LogP) is -0.110. The summed E-state index contributed by atoms with van der Waals surface area (Å²) in [6, 6.07) is -0.521. The monoisotopic (exact) mass is 262 g/mol. The van der Waals surface area contributed by atoms with Gasteiger partial charge in [0, 0.05) is 20.2 Å². The Balaban J connectivity index is 4.61. The molecule has 0 aliphatic heterocycles. The fourth-order valence-electron chi connectivity index (χ4n) is 1.25. The zero-order valence-corrected chi connectivity index (χ0v) is 11.1. The molecule has 0 bridgehead atoms. The van der Waals surface area contributed by atoms with E-state index in [1.54, 1.807) is 6.92 Å². The third-order valence-corrected chi connectivity index (χ3v) is 2.78. The number of carbonyl (C=O) groups is 2. The van der Waals surface area contributed by atoms with Crippen molar-refractivity contribution in [3.05, 3.63) is 0 Å². The highest BCUT2D eigenvalue weighted by Gasteiger charge is 2.34. The number of rotatable bonds is 8. The standard InChI is InChI=1S/C11H22N2O5/c1-4-11(2,9(15)16)12-10(17)13(5-7-14)6-8-18-3/h14H,4-8H2,1-3H3,(H,12,17)(H,15,16). The fourth-order valence-corrected chi connectivity index (χ4v) is 1.25. The van der Waals surface area contributed by atoms with Gasteiger partial charge in [-0.05, 0) is 13.3 Å². The summed E-state index contributed by atoms with van der Waals surface area (Å²) >= 11 is 0. The largest absolute Gasteiger partial charge is 0.480 e. The predicted molar refractivity (Wildman–Crippen MR) is 65.4 cm³/mol. The molecule has 0 aromatic rings. The highest BCUT2D eigenvalue weighted by atomic mass is 16.5. The van der Waals surface area contributed by atoms with Crippen LogP contribution in [0.5, 0.6) is 0 Å². The van der Waals surface area contributed by atoms with E-state index in [0.717, 1.165) is 0 Å². The lowest BCUT2D eigenvalue weighted by molar-refractivity contribution is -0.143. The van der Waals surface area contributed by atoms with Crippen molar-refractivity contribution < 1.29 is 24.5 Å². The quantitative estimate of drug-likeness (QED) is 0.567. The molecular weight excluding hydrogens is 240 g/mol. The maximum Gasteiger partial charge on any atom is 0.329 e. The molecule has 0 fully saturated rings. The molecule has 0 aromatic carbocycles. The number of aliphatic hydroxyl groups excluding tert-OH is 1. The van der Waals surface area contributed by atoms with Crippen LogP contribution in [0, 0.1) is 0 Å². The molecule has 2 amide bonds. The minimum Gasteiger partial charge on any atom is -0.480 e. The first-order chi connectivity index (χ1) is 8.41. The van der Waals surface area contributed by atoms with E-state index in [1.807, 2.05) is 0 Å². The summed E-state index contributed by atoms with van der Waals surface area (Å²) in [6.07, 6.45) is 0.269. The summed E-state index contributed by atoms with van der Waals surface area (Å²) in [5.41, 5.74) is -1.31. The summed E-state index contributed by atoms with van der Waals surface area (Å²) in [7, 11) is 1.50. The van der Waals surface area contributed by atoms with Gasteiger partial charge in [0.2, 0.25) is 0 Å². The lowest BCUT2D eigenvalue weighted by Gasteiger charge is -2.29. The highest BCUT2D eigenvalue weighted by molar-refractivity contribution is 5.85. The van der Waals surface area contributed by atoms with Gasteiger partial charge in [-0.1, -0.05) is 6.92 Å². The van der Waals surface area contributed by atoms with Crippen molar-refractivity contribution in [2.45, 2.75) is 25.8 Å². The first-order valence-corrected chi connectivity index (χ1v) is 5.81. The van der Waals surface area contributed by atoms with E-state index < -0.39 is 17.5 Å². The molecule has 0 aliphatic rings. The number of nitrogens with one attached hydrogen (secondary N) is 1. The molecule has 0 aliphatic carbocycles. The molecule has 0 spiro atoms. The van der Waals surface area contributed by atoms with Crippen LogP contribution in [0.2, 0.25) is 0 Å². The van der Waals surface area contributed by atoms with Crippen molar-refractivity contribution in [3.8, 4) is 0 Å². The van der Waals surface area contributed by atoms with Crippen LogP contribution in [0.1, 0.15) is 20.3 Å². The van der Waals surface area contributed by atoms with E-state index in [4.69, 9.17) is 14.9 Å². The van der Waals surface area contributed by atoms with E-state index in [1.165, 1.54) is 18.9 Å². The van der Waals surface area contributed by atoms with Gasteiger partial charge in [-0.2, -0.15) is 0 Å². The molecule has 0 saturated carbocycles. The second-order valence-electron chi connectivity index (χ2n) is 4.12. The number of amides is 2. The average molecular weight is 262 g/mol. The Morgan fingerprint density at radius 3 is 2.39 bits per heavy atom. The fraction of sp³-hybridized carbons (Fsp3) is 0.818. The van der Waals surface area contributed by atoms with E-state index in [2.05, 4.69) is 5.32 Å². The Hall–Kier alpha value is -1.34. The number of carboxylic acids is 1. The summed E-state index contributed by atoms with van der Waals surface area (Å²) in [5, 5.41) is 20.4. The second-order valence-corrected chi connectivity index (χ2v) is 4.12. The number of carboxylic acid groups (broad SMARTS) is 1. The Kier molecular flexibility index (Phi) is 7.30. The summed E-state index contributed by atoms with van der Waals surface area (Å²) in [6.45, 7) is 3.69. The average Bonchev–Trinajstić information content (AvgIpc) is 2.33. The zero-order valence-electron chi connectivity index (χ0n) is 11.1. The molecule has 18 heavy (non-hydrogen) atoms. The van der Waals surface area contributed by atoms with Crippen LogP contribution in [0.15, 0.2) is 0 Å². The van der Waals surface area contributed by atoms with E-state index in [0.29, 0.717) is 13.2 Å². The summed E-state index contributed by atoms with van der Waals surface area (Å²) < 4.78 is 4.85. The molecule has 1 atom stereocenters. The number of aliphatic carboxylic acids is 1. The van der Waals surface area contributed by atoms with Gasteiger partial charge in [-0.15, -0.1) is 0 Å². The molecular formula is C11H22N2O5. The Morgan fingerprint density at radius 1 is 1.39 bits per heavy atom. The number of nitrogens with zero attached hydrogens (tertiary/aromatic N) is 1. The number of aliphatic hydroxyl groups is 1. The SMILES string of the molecule is CCC(C)(NC(=O)N(CCO)CCOC)C(=O)O. The van der Waals surface area contributed by atoms with Gasteiger partial charge in [0.1, 0.15) is 5.54 Å². The van der Waals surface area contributed by atoms with Crippen LogP contribution < -0.4 is 5.32 Å². The van der Waals surface area contributed by atoms with E-state index in [9.17, 15) is 9.59 Å². The van der Waals surface area contributed by atoms with Crippen molar-refractivity contribution in [1.82, 2.24) is 10.2 Å². The minimum absolute atomic E-state index is 0.134. The number of methoxy groups -OCH3 is 1. The van der Waals surface area contributed by atoms with Gasteiger partial charge in [0.25, 0.3) is 0 Å². The van der Waals surface area contributed by atoms with Crippen LogP contribution in [0.3, 0.4) is 0 Å². The highest BCUT2D eigenvalue weighted by Crippen LogP contribution is 2.10. The first kappa shape index (κ1) is 16.7. The van der Waals surface area contributed by atoms with Crippen LogP contribution in [-0.4, -0.2) is 66.1 Å². The van der Waals surface area contributed by atoms with Gasteiger partial charge in [0.15, 0.2) is 0 Å². The first-order valence-electron chi connectivity index (χ1n) is 5.81. The Bertz CT molecular complexity index is 285. The van der Waals surface area contributed by atoms with Crippen LogP contribution >= 0.6 is 0 Å². The topological polar surface area (TPSA) is 99.1 Å². The lowest BCUT2D eigenvalue weighted by atomic mass is 10.00. The van der Waals surface area contributed by atoms with Crippen LogP contribution in [0.25, 0.3) is 0 Å². The van der Waals surface area contributed by atoms with Crippen molar-refractivity contribution in [2.75, 3.05) is 33.4 Å². The lowest BCUT2D eigenvalue weighted by Crippen LogP contribution is -2.56. The van der Waals surface area contributed by atoms with Crippen molar-refractivity contribution in [3.63, 3.8) is 0 Å². The molecule has 106 valence electrons. The summed E-state index contributed by atoms with van der Waals surface area (Å²) in [5.74, 6) is -1.09. The van der Waals surface area contributed by atoms with Gasteiger partial charge in [-0.3, -0.25) is 0 Å². The number of hydrogen-bond acceptors (Lipinski definition) is 4. The molecule has 0 heterocycles. The number of urea groups is 1. The normalized spacial score (nSPS) is 13.8. The maximum atomic E-state index is 11.9. The van der Waals surface area contributed by atoms with Gasteiger partial charge < -0.3 is 25.2 Å². The maximum absolute atomic E-state index is 11.9. The zero-order chi connectivity index (χ0) is 14.2. The van der Waals surface area contributed by atoms with Gasteiger partial charge in [0.05, 0.1) is 13.2 Å². The van der Waals surface area contributed by atoms with Gasteiger partial charge in [-0.25, -0.2) is 9.59 Å². The molecule has 0 aromatic heterocycles. The van der Waals surface area contributed by atoms with Crippen molar-refractivity contribution in [1.29, 1.82) is 0 Å². The number of hydrogen-bond donors (Lipinski definition) is 3. The van der Waals surface area contributed by atoms with Crippen LogP contribution in [0.4, 0.5) is 4.79 Å². The number of ether oxygens (including phenoxy) is 1. The van der Waals surface area contributed by atoms with Gasteiger partial charge >= 0.3 is 12.0 Å². The molecule has 0 rings (SSSR count). The minimum atomic E-state index is -1.31. The molecule has 1 unspecified atom stereocenters. The molecule has 7 heteroatoms. The van der Waals surface area contributed by atoms with Crippen molar-refractivity contribution >= 4 is 12.0 Å². The molecule has 3 N–H and O–H groups in total. The summed E-state index contributed by atoms with van der Waals surface area (Å²) in [4.78, 5) is 24.3. The Labute approximate surface area is 107 Å².